The van der Waals surface area contributed by atoms with Crippen LogP contribution in [0.3, 0.4) is 0 Å². The number of unbranched alkanes of at least 4 members (excludes halogenated alkanes) is 1. The number of hydrogen-bond donors (Lipinski definition) is 1. The third-order valence-corrected chi connectivity index (χ3v) is 2.99. The minimum absolute atomic E-state index is 0.833. The summed E-state index contributed by atoms with van der Waals surface area (Å²) in [5.74, 6) is 0. The monoisotopic (exact) mass is 199 g/mol. The van der Waals surface area contributed by atoms with Crippen molar-refractivity contribution < 1.29 is 0 Å². The molecule has 3 heteroatoms. The molecule has 14 heavy (non-hydrogen) atoms. The van der Waals surface area contributed by atoms with E-state index in [1.165, 1.54) is 52.0 Å². The van der Waals surface area contributed by atoms with Gasteiger partial charge in [0.15, 0.2) is 0 Å². The molecule has 0 aromatic rings. The molecule has 0 saturated carbocycles. The Morgan fingerprint density at radius 1 is 1.14 bits per heavy atom. The molecule has 1 aliphatic rings. The first-order valence-corrected chi connectivity index (χ1v) is 5.94. The van der Waals surface area contributed by atoms with Crippen LogP contribution in [0.15, 0.2) is 0 Å². The van der Waals surface area contributed by atoms with Crippen molar-refractivity contribution in [2.75, 3.05) is 46.3 Å². The number of likely N-dealkylation sites (N-methyl/N-ethyl adjacent to an activating group) is 1. The van der Waals surface area contributed by atoms with E-state index < -0.39 is 0 Å². The average Bonchev–Trinajstić information content (AvgIpc) is 2.68. The van der Waals surface area contributed by atoms with E-state index in [1.807, 2.05) is 0 Å². The molecule has 1 saturated heterocycles. The van der Waals surface area contributed by atoms with Crippen molar-refractivity contribution in [1.82, 2.24) is 9.80 Å². The van der Waals surface area contributed by atoms with Gasteiger partial charge in [0.1, 0.15) is 0 Å². The molecule has 2 N–H and O–H groups in total. The lowest BCUT2D eigenvalue weighted by molar-refractivity contribution is 0.254. The van der Waals surface area contributed by atoms with E-state index in [4.69, 9.17) is 5.73 Å². The van der Waals surface area contributed by atoms with Gasteiger partial charge in [0.25, 0.3) is 0 Å². The lowest BCUT2D eigenvalue weighted by atomic mass is 10.3. The smallest absolute Gasteiger partial charge is 0.0109 e. The van der Waals surface area contributed by atoms with Crippen molar-refractivity contribution >= 4 is 0 Å². The molecule has 3 nitrogen and oxygen atoms in total. The fourth-order valence-electron chi connectivity index (χ4n) is 1.96. The molecule has 1 fully saturated rings. The van der Waals surface area contributed by atoms with Gasteiger partial charge in [0, 0.05) is 13.1 Å². The minimum atomic E-state index is 0.833. The zero-order valence-electron chi connectivity index (χ0n) is 9.54. The van der Waals surface area contributed by atoms with Crippen LogP contribution >= 0.6 is 0 Å². The highest BCUT2D eigenvalue weighted by atomic mass is 15.2. The Bertz CT molecular complexity index is 132. The van der Waals surface area contributed by atoms with E-state index >= 15 is 0 Å². The van der Waals surface area contributed by atoms with E-state index in [1.54, 1.807) is 0 Å². The second-order valence-corrected chi connectivity index (χ2v) is 4.35. The third kappa shape index (κ3) is 4.94. The molecule has 0 unspecified atom stereocenters. The highest BCUT2D eigenvalue weighted by Gasteiger charge is 2.11. The van der Waals surface area contributed by atoms with Gasteiger partial charge in [-0.3, -0.25) is 0 Å². The molecule has 0 spiro atoms. The quantitative estimate of drug-likeness (QED) is 0.614. The van der Waals surface area contributed by atoms with Crippen LogP contribution < -0.4 is 5.73 Å². The van der Waals surface area contributed by atoms with Crippen molar-refractivity contribution in [2.45, 2.75) is 25.7 Å². The molecule has 1 rings (SSSR count). The Labute approximate surface area is 88.2 Å². The summed E-state index contributed by atoms with van der Waals surface area (Å²) in [6.07, 6.45) is 5.20. The van der Waals surface area contributed by atoms with Crippen LogP contribution in [-0.4, -0.2) is 56.1 Å². The summed E-state index contributed by atoms with van der Waals surface area (Å²) in [7, 11) is 2.21. The molecule has 0 amide bonds. The maximum atomic E-state index is 5.46. The zero-order valence-corrected chi connectivity index (χ0v) is 9.54. The van der Waals surface area contributed by atoms with Gasteiger partial charge in [0.05, 0.1) is 0 Å². The molecular weight excluding hydrogens is 174 g/mol. The molecule has 1 aliphatic heterocycles. The van der Waals surface area contributed by atoms with E-state index in [9.17, 15) is 0 Å². The number of likely N-dealkylation sites (tertiary alicyclic amines) is 1. The first kappa shape index (κ1) is 12.0. The molecule has 0 aromatic carbocycles. The number of nitrogens with zero attached hydrogens (tertiary/aromatic N) is 2. The first-order valence-electron chi connectivity index (χ1n) is 5.94. The van der Waals surface area contributed by atoms with E-state index in [2.05, 4.69) is 16.8 Å². The highest BCUT2D eigenvalue weighted by molar-refractivity contribution is 4.67. The summed E-state index contributed by atoms with van der Waals surface area (Å²) in [5.41, 5.74) is 5.46. The molecule has 0 aromatic heterocycles. The molecular formula is C11H25N3. The highest BCUT2D eigenvalue weighted by Crippen LogP contribution is 2.06. The molecule has 84 valence electrons. The fourth-order valence-corrected chi connectivity index (χ4v) is 1.96. The van der Waals surface area contributed by atoms with Crippen molar-refractivity contribution in [3.63, 3.8) is 0 Å². The van der Waals surface area contributed by atoms with Crippen LogP contribution in [0.1, 0.15) is 25.7 Å². The van der Waals surface area contributed by atoms with Crippen LogP contribution in [-0.2, 0) is 0 Å². The maximum absolute atomic E-state index is 5.46. The predicted octanol–water partition coefficient (Wildman–Crippen LogP) is 0.753. The summed E-state index contributed by atoms with van der Waals surface area (Å²) in [6.45, 7) is 7.13. The van der Waals surface area contributed by atoms with Gasteiger partial charge in [-0.2, -0.15) is 0 Å². The predicted molar refractivity (Wildman–Crippen MR) is 61.5 cm³/mol. The maximum Gasteiger partial charge on any atom is 0.0109 e. The van der Waals surface area contributed by atoms with Crippen molar-refractivity contribution in [2.24, 2.45) is 5.73 Å². The van der Waals surface area contributed by atoms with Gasteiger partial charge < -0.3 is 15.5 Å². The third-order valence-electron chi connectivity index (χ3n) is 2.99. The Kier molecular flexibility index (Phi) is 6.15. The second kappa shape index (κ2) is 7.21. The first-order chi connectivity index (χ1) is 6.83. The van der Waals surface area contributed by atoms with Crippen molar-refractivity contribution in [1.29, 1.82) is 0 Å². The topological polar surface area (TPSA) is 32.5 Å². The molecule has 1 heterocycles. The van der Waals surface area contributed by atoms with Crippen LogP contribution in [0.5, 0.6) is 0 Å². The standard InChI is InChI=1S/C11H25N3/c1-13(7-3-2-6-12)10-11-14-8-4-5-9-14/h2-12H2,1H3. The molecule has 0 radical (unpaired) electrons. The Morgan fingerprint density at radius 2 is 1.86 bits per heavy atom. The zero-order chi connectivity index (χ0) is 10.2. The summed E-state index contributed by atoms with van der Waals surface area (Å²) in [4.78, 5) is 4.99. The Hall–Kier alpha value is -0.120. The Morgan fingerprint density at radius 3 is 2.50 bits per heavy atom. The van der Waals surface area contributed by atoms with E-state index in [-0.39, 0.29) is 0 Å². The summed E-state index contributed by atoms with van der Waals surface area (Å²) in [6, 6.07) is 0. The van der Waals surface area contributed by atoms with Crippen LogP contribution in [0.2, 0.25) is 0 Å². The number of rotatable bonds is 7. The van der Waals surface area contributed by atoms with Gasteiger partial charge in [-0.25, -0.2) is 0 Å². The van der Waals surface area contributed by atoms with E-state index in [0.717, 1.165) is 13.0 Å². The van der Waals surface area contributed by atoms with Crippen LogP contribution in [0, 0.1) is 0 Å². The van der Waals surface area contributed by atoms with Gasteiger partial charge in [-0.1, -0.05) is 0 Å². The van der Waals surface area contributed by atoms with Crippen molar-refractivity contribution in [3.05, 3.63) is 0 Å². The normalized spacial score (nSPS) is 18.2. The Balaban J connectivity index is 1.93. The van der Waals surface area contributed by atoms with E-state index in [0.29, 0.717) is 0 Å². The van der Waals surface area contributed by atoms with Gasteiger partial charge in [-0.05, 0) is 58.9 Å². The lowest BCUT2D eigenvalue weighted by Crippen LogP contribution is -2.32. The van der Waals surface area contributed by atoms with Gasteiger partial charge in [-0.15, -0.1) is 0 Å². The summed E-state index contributed by atoms with van der Waals surface area (Å²) < 4.78 is 0. The minimum Gasteiger partial charge on any atom is -0.330 e. The summed E-state index contributed by atoms with van der Waals surface area (Å²) in [5, 5.41) is 0. The lowest BCUT2D eigenvalue weighted by Gasteiger charge is -2.21. The number of hydrogen-bond acceptors (Lipinski definition) is 3. The summed E-state index contributed by atoms with van der Waals surface area (Å²) >= 11 is 0. The average molecular weight is 199 g/mol. The second-order valence-electron chi connectivity index (χ2n) is 4.35. The van der Waals surface area contributed by atoms with Gasteiger partial charge >= 0.3 is 0 Å². The number of nitrogens with two attached hydrogens (primary N) is 1. The van der Waals surface area contributed by atoms with Gasteiger partial charge in [0.2, 0.25) is 0 Å². The molecule has 0 atom stereocenters. The molecule has 0 bridgehead atoms. The van der Waals surface area contributed by atoms with Crippen molar-refractivity contribution in [3.8, 4) is 0 Å². The van der Waals surface area contributed by atoms with Crippen LogP contribution in [0.25, 0.3) is 0 Å². The molecule has 0 aliphatic carbocycles. The van der Waals surface area contributed by atoms with Crippen LogP contribution in [0.4, 0.5) is 0 Å². The largest absolute Gasteiger partial charge is 0.330 e. The SMILES string of the molecule is CN(CCCCN)CCN1CCCC1. The fraction of sp³-hybridized carbons (Fsp3) is 1.00.